The van der Waals surface area contributed by atoms with Crippen LogP contribution in [0.1, 0.15) is 18.5 Å². The van der Waals surface area contributed by atoms with E-state index in [4.69, 9.17) is 0 Å². The molecule has 3 atom stereocenters. The summed E-state index contributed by atoms with van der Waals surface area (Å²) in [6.07, 6.45) is 0. The van der Waals surface area contributed by atoms with Crippen LogP contribution < -0.4 is 5.32 Å². The van der Waals surface area contributed by atoms with Crippen molar-refractivity contribution in [3.63, 3.8) is 0 Å². The molecule has 1 aromatic carbocycles. The van der Waals surface area contributed by atoms with Gasteiger partial charge in [0.15, 0.2) is 0 Å². The molecule has 2 heterocycles. The summed E-state index contributed by atoms with van der Waals surface area (Å²) < 4.78 is 0. The van der Waals surface area contributed by atoms with E-state index in [2.05, 4.69) is 34.2 Å². The van der Waals surface area contributed by atoms with E-state index >= 15 is 0 Å². The highest BCUT2D eigenvalue weighted by Crippen LogP contribution is 2.30. The van der Waals surface area contributed by atoms with Gasteiger partial charge < -0.3 is 10.2 Å². The molecule has 1 aromatic rings. The zero-order valence-corrected chi connectivity index (χ0v) is 13.0. The van der Waals surface area contributed by atoms with Crippen molar-refractivity contribution in [1.29, 1.82) is 0 Å². The van der Waals surface area contributed by atoms with Gasteiger partial charge in [0, 0.05) is 26.2 Å². The molecule has 21 heavy (non-hydrogen) atoms. The summed E-state index contributed by atoms with van der Waals surface area (Å²) in [5, 5.41) is 3.43. The lowest BCUT2D eigenvalue weighted by Gasteiger charge is -2.30. The van der Waals surface area contributed by atoms with Crippen LogP contribution in [0.2, 0.25) is 0 Å². The molecule has 0 saturated carbocycles. The first-order valence-corrected chi connectivity index (χ1v) is 7.95. The Labute approximate surface area is 127 Å². The molecule has 2 saturated heterocycles. The van der Waals surface area contributed by atoms with Crippen LogP contribution in [-0.2, 0) is 4.79 Å². The Balaban J connectivity index is 1.79. The maximum absolute atomic E-state index is 13.0. The second-order valence-electron chi connectivity index (χ2n) is 6.31. The Morgan fingerprint density at radius 3 is 2.48 bits per heavy atom. The zero-order valence-electron chi connectivity index (χ0n) is 13.0. The van der Waals surface area contributed by atoms with E-state index in [9.17, 15) is 4.79 Å². The number of fused-ring (bicyclic) bond motifs is 1. The van der Waals surface area contributed by atoms with Gasteiger partial charge in [0.05, 0.1) is 0 Å². The van der Waals surface area contributed by atoms with Crippen LogP contribution in [0.5, 0.6) is 0 Å². The quantitative estimate of drug-likeness (QED) is 0.908. The van der Waals surface area contributed by atoms with Crippen molar-refractivity contribution in [1.82, 2.24) is 15.1 Å². The van der Waals surface area contributed by atoms with Gasteiger partial charge in [0.1, 0.15) is 6.04 Å². The lowest BCUT2D eigenvalue weighted by Crippen LogP contribution is -2.41. The second kappa shape index (κ2) is 6.16. The molecule has 0 aromatic heterocycles. The summed E-state index contributed by atoms with van der Waals surface area (Å²) in [5.74, 6) is 1.56. The molecule has 2 aliphatic heterocycles. The van der Waals surface area contributed by atoms with Gasteiger partial charge in [-0.1, -0.05) is 37.3 Å². The monoisotopic (exact) mass is 287 g/mol. The van der Waals surface area contributed by atoms with Crippen LogP contribution in [0.25, 0.3) is 0 Å². The molecule has 1 N–H and O–H groups in total. The third-order valence-corrected chi connectivity index (χ3v) is 4.99. The molecule has 3 rings (SSSR count). The average molecular weight is 287 g/mol. The highest BCUT2D eigenvalue weighted by Gasteiger charge is 2.40. The summed E-state index contributed by atoms with van der Waals surface area (Å²) >= 11 is 0. The van der Waals surface area contributed by atoms with E-state index in [0.717, 1.165) is 38.3 Å². The first-order chi connectivity index (χ1) is 10.2. The van der Waals surface area contributed by atoms with Crippen molar-refractivity contribution in [2.24, 2.45) is 11.8 Å². The third-order valence-electron chi connectivity index (χ3n) is 4.99. The van der Waals surface area contributed by atoms with Gasteiger partial charge in [0.2, 0.25) is 5.91 Å². The molecule has 1 amide bonds. The zero-order chi connectivity index (χ0) is 14.8. The fraction of sp³-hybridized carbons (Fsp3) is 0.588. The van der Waals surface area contributed by atoms with E-state index in [0.29, 0.717) is 11.8 Å². The normalized spacial score (nSPS) is 26.1. The number of benzene rings is 1. The summed E-state index contributed by atoms with van der Waals surface area (Å²) in [4.78, 5) is 17.3. The van der Waals surface area contributed by atoms with Crippen molar-refractivity contribution in [3.8, 4) is 0 Å². The van der Waals surface area contributed by atoms with Crippen molar-refractivity contribution < 1.29 is 4.79 Å². The number of rotatable bonds is 4. The van der Waals surface area contributed by atoms with Crippen LogP contribution in [0.15, 0.2) is 30.3 Å². The van der Waals surface area contributed by atoms with Crippen LogP contribution in [-0.4, -0.2) is 55.5 Å². The molecule has 0 spiro atoms. The largest absolute Gasteiger partial charge is 0.340 e. The number of nitrogens with one attached hydrogen (secondary N) is 1. The number of likely N-dealkylation sites (tertiary alicyclic amines) is 1. The molecule has 0 radical (unpaired) electrons. The van der Waals surface area contributed by atoms with Crippen molar-refractivity contribution in [2.75, 3.05) is 39.8 Å². The molecule has 2 aliphatic rings. The molecule has 2 fully saturated rings. The van der Waals surface area contributed by atoms with Gasteiger partial charge in [-0.15, -0.1) is 0 Å². The maximum atomic E-state index is 13.0. The standard InChI is InChI=1S/C17H25N3O/c1-3-19(2)16(13-7-5-4-6-8-13)17(21)20-11-14-9-18-10-15(14)12-20/h4-8,14-16,18H,3,9-12H2,1-2H3/t14-,15+,16?. The average Bonchev–Trinajstić information content (AvgIpc) is 3.09. The Kier molecular flexibility index (Phi) is 4.27. The summed E-state index contributed by atoms with van der Waals surface area (Å²) in [6, 6.07) is 10.0. The van der Waals surface area contributed by atoms with Gasteiger partial charge in [-0.3, -0.25) is 9.69 Å². The maximum Gasteiger partial charge on any atom is 0.244 e. The Hall–Kier alpha value is -1.39. The summed E-state index contributed by atoms with van der Waals surface area (Å²) in [7, 11) is 2.04. The minimum atomic E-state index is -0.150. The lowest BCUT2D eigenvalue weighted by molar-refractivity contribution is -0.136. The number of hydrogen-bond donors (Lipinski definition) is 1. The Morgan fingerprint density at radius 1 is 1.29 bits per heavy atom. The van der Waals surface area contributed by atoms with Crippen molar-refractivity contribution >= 4 is 5.91 Å². The number of nitrogens with zero attached hydrogens (tertiary/aromatic N) is 2. The fourth-order valence-corrected chi connectivity index (χ4v) is 3.61. The smallest absolute Gasteiger partial charge is 0.244 e. The number of carbonyl (C=O) groups excluding carboxylic acids is 1. The van der Waals surface area contributed by atoms with Crippen LogP contribution >= 0.6 is 0 Å². The highest BCUT2D eigenvalue weighted by molar-refractivity contribution is 5.83. The first kappa shape index (κ1) is 14.5. The molecule has 0 bridgehead atoms. The van der Waals surface area contributed by atoms with E-state index in [-0.39, 0.29) is 11.9 Å². The molecule has 114 valence electrons. The second-order valence-corrected chi connectivity index (χ2v) is 6.31. The molecule has 1 unspecified atom stereocenters. The van der Waals surface area contributed by atoms with Crippen LogP contribution in [0.3, 0.4) is 0 Å². The van der Waals surface area contributed by atoms with E-state index in [1.165, 1.54) is 0 Å². The van der Waals surface area contributed by atoms with E-state index in [1.54, 1.807) is 0 Å². The summed E-state index contributed by atoms with van der Waals surface area (Å²) in [6.45, 7) is 6.93. The minimum absolute atomic E-state index is 0.150. The highest BCUT2D eigenvalue weighted by atomic mass is 16.2. The van der Waals surface area contributed by atoms with E-state index < -0.39 is 0 Å². The number of hydrogen-bond acceptors (Lipinski definition) is 3. The predicted molar refractivity (Wildman–Crippen MR) is 83.9 cm³/mol. The minimum Gasteiger partial charge on any atom is -0.340 e. The number of carbonyl (C=O) groups is 1. The van der Waals surface area contributed by atoms with Crippen LogP contribution in [0.4, 0.5) is 0 Å². The number of amides is 1. The molecule has 4 nitrogen and oxygen atoms in total. The number of likely N-dealkylation sites (N-methyl/N-ethyl adjacent to an activating group) is 1. The fourth-order valence-electron chi connectivity index (χ4n) is 3.61. The Bertz CT molecular complexity index is 478. The topological polar surface area (TPSA) is 35.6 Å². The first-order valence-electron chi connectivity index (χ1n) is 7.95. The summed E-state index contributed by atoms with van der Waals surface area (Å²) in [5.41, 5.74) is 1.10. The van der Waals surface area contributed by atoms with Gasteiger partial charge in [0.25, 0.3) is 0 Å². The molecule has 4 heteroatoms. The van der Waals surface area contributed by atoms with Crippen LogP contribution in [0, 0.1) is 11.8 Å². The van der Waals surface area contributed by atoms with Gasteiger partial charge in [-0.25, -0.2) is 0 Å². The predicted octanol–water partition coefficient (Wildman–Crippen LogP) is 1.36. The van der Waals surface area contributed by atoms with Crippen molar-refractivity contribution in [3.05, 3.63) is 35.9 Å². The van der Waals surface area contributed by atoms with Crippen molar-refractivity contribution in [2.45, 2.75) is 13.0 Å². The molecule has 0 aliphatic carbocycles. The lowest BCUT2D eigenvalue weighted by atomic mass is 10.0. The SMILES string of the molecule is CCN(C)C(C(=O)N1C[C@H]2CNC[C@H]2C1)c1ccccc1. The van der Waals surface area contributed by atoms with Gasteiger partial charge in [-0.2, -0.15) is 0 Å². The van der Waals surface area contributed by atoms with E-state index in [1.807, 2.05) is 25.2 Å². The van der Waals surface area contributed by atoms with Gasteiger partial charge in [-0.05, 0) is 31.0 Å². The molecular weight excluding hydrogens is 262 g/mol. The third kappa shape index (κ3) is 2.83. The Morgan fingerprint density at radius 2 is 1.90 bits per heavy atom. The molecular formula is C17H25N3O. The van der Waals surface area contributed by atoms with Gasteiger partial charge >= 0.3 is 0 Å².